The predicted molar refractivity (Wildman–Crippen MR) is 119 cm³/mol. The van der Waals surface area contributed by atoms with Gasteiger partial charge in [0.15, 0.2) is 0 Å². The fourth-order valence-corrected chi connectivity index (χ4v) is 6.28. The van der Waals surface area contributed by atoms with Crippen LogP contribution in [0.1, 0.15) is 10.4 Å². The van der Waals surface area contributed by atoms with Crippen LogP contribution in [-0.4, -0.2) is 121 Å². The first kappa shape index (κ1) is 25.0. The molecule has 2 aliphatic rings. The van der Waals surface area contributed by atoms with Crippen molar-refractivity contribution in [2.24, 2.45) is 0 Å². The highest BCUT2D eigenvalue weighted by Crippen LogP contribution is 2.18. The predicted octanol–water partition coefficient (Wildman–Crippen LogP) is -1.14. The second kappa shape index (κ2) is 10.5. The average Bonchev–Trinajstić information content (AvgIpc) is 2.79. The minimum Gasteiger partial charge on any atom is -0.383 e. The lowest BCUT2D eigenvalue weighted by molar-refractivity contribution is 0.0692. The van der Waals surface area contributed by atoms with Gasteiger partial charge in [-0.25, -0.2) is 13.1 Å². The van der Waals surface area contributed by atoms with E-state index in [1.165, 1.54) is 33.9 Å². The third-order valence-electron chi connectivity index (χ3n) is 5.63. The summed E-state index contributed by atoms with van der Waals surface area (Å²) in [6.07, 6.45) is 0. The lowest BCUT2D eigenvalue weighted by Crippen LogP contribution is -2.57. The van der Waals surface area contributed by atoms with Gasteiger partial charge in [0, 0.05) is 71.6 Å². The van der Waals surface area contributed by atoms with E-state index in [1.54, 1.807) is 11.0 Å². The number of rotatable bonds is 8. The molecule has 2 fully saturated rings. The van der Waals surface area contributed by atoms with Gasteiger partial charge < -0.3 is 14.5 Å². The van der Waals surface area contributed by atoms with Crippen molar-refractivity contribution in [2.45, 2.75) is 4.90 Å². The zero-order valence-corrected chi connectivity index (χ0v) is 20.1. The highest BCUT2D eigenvalue weighted by atomic mass is 32.2. The Morgan fingerprint density at radius 2 is 1.56 bits per heavy atom. The smallest absolute Gasteiger partial charge is 0.282 e. The van der Waals surface area contributed by atoms with Crippen LogP contribution in [0.3, 0.4) is 0 Å². The second-order valence-corrected chi connectivity index (χ2v) is 11.5. The molecular formula is C19H31N5O6S2. The number of carbonyl (C=O) groups is 1. The Labute approximate surface area is 190 Å². The maximum Gasteiger partial charge on any atom is 0.282 e. The van der Waals surface area contributed by atoms with Crippen LogP contribution in [0.4, 0.5) is 0 Å². The monoisotopic (exact) mass is 489 g/mol. The van der Waals surface area contributed by atoms with Crippen molar-refractivity contribution < 1.29 is 26.4 Å². The zero-order valence-electron chi connectivity index (χ0n) is 18.4. The number of ether oxygens (including phenoxy) is 1. The number of methoxy groups -OCH3 is 1. The van der Waals surface area contributed by atoms with Gasteiger partial charge in [0.2, 0.25) is 10.0 Å². The fraction of sp³-hybridized carbons (Fsp3) is 0.632. The van der Waals surface area contributed by atoms with Crippen LogP contribution in [0.5, 0.6) is 0 Å². The number of sulfonamides is 1. The number of likely N-dealkylation sites (N-methyl/N-ethyl adjacent to an activating group) is 1. The summed E-state index contributed by atoms with van der Waals surface area (Å²) in [6.45, 7) is 3.56. The van der Waals surface area contributed by atoms with Gasteiger partial charge in [-0.15, -0.1) is 0 Å². The molecule has 0 aromatic heterocycles. The summed E-state index contributed by atoms with van der Waals surface area (Å²) in [5.74, 6) is -0.324. The van der Waals surface area contributed by atoms with Crippen LogP contribution in [0, 0.1) is 0 Å². The van der Waals surface area contributed by atoms with Crippen molar-refractivity contribution in [3.05, 3.63) is 29.8 Å². The molecule has 1 aromatic carbocycles. The number of hydrogen-bond acceptors (Lipinski definition) is 7. The van der Waals surface area contributed by atoms with Crippen molar-refractivity contribution in [1.82, 2.24) is 23.1 Å². The van der Waals surface area contributed by atoms with Crippen LogP contribution in [0.15, 0.2) is 29.2 Å². The van der Waals surface area contributed by atoms with Gasteiger partial charge in [-0.3, -0.25) is 4.79 Å². The molecule has 180 valence electrons. The minimum absolute atomic E-state index is 0.00395. The highest BCUT2D eigenvalue weighted by molar-refractivity contribution is 7.89. The summed E-state index contributed by atoms with van der Waals surface area (Å²) in [7, 11) is -3.88. The summed E-state index contributed by atoms with van der Waals surface area (Å²) in [5.41, 5.74) is 0.245. The van der Waals surface area contributed by atoms with E-state index >= 15 is 0 Å². The van der Waals surface area contributed by atoms with Gasteiger partial charge in [0.1, 0.15) is 0 Å². The minimum atomic E-state index is -3.76. The summed E-state index contributed by atoms with van der Waals surface area (Å²) >= 11 is 0. The van der Waals surface area contributed by atoms with E-state index in [0.29, 0.717) is 26.2 Å². The molecule has 3 rings (SSSR count). The molecule has 2 heterocycles. The fourth-order valence-electron chi connectivity index (χ4n) is 3.64. The molecule has 0 aliphatic carbocycles. The van der Waals surface area contributed by atoms with E-state index in [-0.39, 0.29) is 55.7 Å². The number of nitrogens with zero attached hydrogens (tertiary/aromatic N) is 4. The normalized spacial score (nSPS) is 19.9. The Kier molecular flexibility index (Phi) is 8.25. The lowest BCUT2D eigenvalue weighted by atomic mass is 10.2. The molecule has 1 amide bonds. The molecule has 0 spiro atoms. The summed E-state index contributed by atoms with van der Waals surface area (Å²) in [5, 5.41) is 0. The van der Waals surface area contributed by atoms with Gasteiger partial charge in [-0.2, -0.15) is 17.0 Å². The number of piperazine rings is 2. The molecule has 1 aromatic rings. The van der Waals surface area contributed by atoms with Gasteiger partial charge in [0.05, 0.1) is 11.5 Å². The average molecular weight is 490 g/mol. The Hall–Kier alpha value is -1.61. The van der Waals surface area contributed by atoms with Crippen molar-refractivity contribution in [1.29, 1.82) is 0 Å². The number of nitrogens with one attached hydrogen (secondary N) is 1. The van der Waals surface area contributed by atoms with Crippen molar-refractivity contribution in [3.8, 4) is 0 Å². The molecule has 2 saturated heterocycles. The Bertz CT molecular complexity index is 1000. The molecule has 13 heteroatoms. The standard InChI is InChI=1S/C19H31N5O6S2/c1-21-7-11-23(12-8-21)32(28,29)24-13-9-22(10-14-24)19(25)17-4-3-5-18(16-17)31(26,27)20-6-15-30-2/h3-5,16,20H,6-15H2,1-2H3. The second-order valence-electron chi connectivity index (χ2n) is 7.82. The van der Waals surface area contributed by atoms with Crippen LogP contribution < -0.4 is 4.72 Å². The zero-order chi connectivity index (χ0) is 23.4. The molecule has 0 atom stereocenters. The van der Waals surface area contributed by atoms with Gasteiger partial charge >= 0.3 is 0 Å². The maximum absolute atomic E-state index is 12.9. The lowest BCUT2D eigenvalue weighted by Gasteiger charge is -2.39. The number of carbonyl (C=O) groups excluding carboxylic acids is 1. The van der Waals surface area contributed by atoms with Gasteiger partial charge in [-0.1, -0.05) is 6.07 Å². The Balaban J connectivity index is 1.62. The van der Waals surface area contributed by atoms with E-state index in [1.807, 2.05) is 7.05 Å². The first-order valence-corrected chi connectivity index (χ1v) is 13.3. The van der Waals surface area contributed by atoms with Gasteiger partial charge in [0.25, 0.3) is 16.1 Å². The first-order valence-electron chi connectivity index (χ1n) is 10.5. The largest absolute Gasteiger partial charge is 0.383 e. The molecular weight excluding hydrogens is 458 g/mol. The Morgan fingerprint density at radius 3 is 2.16 bits per heavy atom. The maximum atomic E-state index is 12.9. The number of hydrogen-bond donors (Lipinski definition) is 1. The molecule has 0 unspecified atom stereocenters. The van der Waals surface area contributed by atoms with E-state index in [2.05, 4.69) is 9.62 Å². The quantitative estimate of drug-likeness (QED) is 0.459. The topological polar surface area (TPSA) is 120 Å². The van der Waals surface area contributed by atoms with Crippen LogP contribution in [0.25, 0.3) is 0 Å². The van der Waals surface area contributed by atoms with E-state index in [0.717, 1.165) is 0 Å². The van der Waals surface area contributed by atoms with Crippen molar-refractivity contribution in [2.75, 3.05) is 79.7 Å². The first-order chi connectivity index (χ1) is 15.1. The van der Waals surface area contributed by atoms with E-state index in [9.17, 15) is 21.6 Å². The van der Waals surface area contributed by atoms with E-state index < -0.39 is 20.2 Å². The van der Waals surface area contributed by atoms with Crippen molar-refractivity contribution in [3.63, 3.8) is 0 Å². The van der Waals surface area contributed by atoms with Crippen molar-refractivity contribution >= 4 is 26.1 Å². The van der Waals surface area contributed by atoms with E-state index in [4.69, 9.17) is 4.74 Å². The molecule has 1 N–H and O–H groups in total. The molecule has 0 bridgehead atoms. The molecule has 0 saturated carbocycles. The summed E-state index contributed by atoms with van der Waals surface area (Å²) < 4.78 is 60.8. The highest BCUT2D eigenvalue weighted by Gasteiger charge is 2.35. The third kappa shape index (κ3) is 5.84. The van der Waals surface area contributed by atoms with Gasteiger partial charge in [-0.05, 0) is 25.2 Å². The SMILES string of the molecule is COCCNS(=O)(=O)c1cccc(C(=O)N2CCN(S(=O)(=O)N3CCN(C)CC3)CC2)c1. The van der Waals surface area contributed by atoms with Crippen LogP contribution >= 0.6 is 0 Å². The summed E-state index contributed by atoms with van der Waals surface area (Å²) in [6, 6.07) is 5.84. The Morgan fingerprint density at radius 1 is 0.969 bits per heavy atom. The molecule has 0 radical (unpaired) electrons. The number of amides is 1. The van der Waals surface area contributed by atoms with Crippen LogP contribution in [0.2, 0.25) is 0 Å². The molecule has 32 heavy (non-hydrogen) atoms. The molecule has 11 nitrogen and oxygen atoms in total. The molecule has 2 aliphatic heterocycles. The number of benzene rings is 1. The third-order valence-corrected chi connectivity index (χ3v) is 9.12. The van der Waals surface area contributed by atoms with Crippen LogP contribution in [-0.2, 0) is 25.0 Å². The summed E-state index contributed by atoms with van der Waals surface area (Å²) in [4.78, 5) is 16.6.